The molecule has 0 radical (unpaired) electrons. The molecule has 1 amide bonds. The number of anilines is 2. The number of hydrogen-bond acceptors (Lipinski definition) is 5. The fourth-order valence-corrected chi connectivity index (χ4v) is 4.02. The number of likely N-dealkylation sites (N-methyl/N-ethyl adjacent to an activating group) is 2. The molecule has 0 N–H and O–H groups in total. The first-order valence-corrected chi connectivity index (χ1v) is 9.74. The molecule has 2 heterocycles. The van der Waals surface area contributed by atoms with Gasteiger partial charge in [-0.1, -0.05) is 0 Å². The average molecular weight is 402 g/mol. The normalized spacial score (nSPS) is 23.7. The minimum absolute atomic E-state index is 0.0185. The standard InChI is InChI=1S/C21H24F2N4O2/c1-11-19-20(26(3)12(2)21(28)27(19)4)25-18(24-11)9-13-7-15(8-13)29-14-5-6-16(22)17(23)10-14/h5-6,10,12-13,15H,7-9H2,1-4H3/t12-,13?,15?/m0/s1. The van der Waals surface area contributed by atoms with Gasteiger partial charge in [0.05, 0.1) is 11.8 Å². The van der Waals surface area contributed by atoms with Gasteiger partial charge in [0.2, 0.25) is 5.91 Å². The molecule has 8 heteroatoms. The highest BCUT2D eigenvalue weighted by molar-refractivity contribution is 6.04. The molecular weight excluding hydrogens is 378 g/mol. The van der Waals surface area contributed by atoms with E-state index in [1.165, 1.54) is 6.07 Å². The molecule has 1 saturated carbocycles. The summed E-state index contributed by atoms with van der Waals surface area (Å²) in [6, 6.07) is 3.32. The molecule has 1 aromatic heterocycles. The maximum Gasteiger partial charge on any atom is 0.249 e. The molecule has 2 aliphatic rings. The fraction of sp³-hybridized carbons (Fsp3) is 0.476. The van der Waals surface area contributed by atoms with Crippen LogP contribution in [0.25, 0.3) is 0 Å². The van der Waals surface area contributed by atoms with E-state index in [4.69, 9.17) is 9.72 Å². The van der Waals surface area contributed by atoms with Crippen molar-refractivity contribution < 1.29 is 18.3 Å². The molecule has 1 aromatic carbocycles. The molecule has 2 aromatic rings. The Morgan fingerprint density at radius 2 is 1.90 bits per heavy atom. The lowest BCUT2D eigenvalue weighted by atomic mass is 9.80. The number of fused-ring (bicyclic) bond motifs is 1. The smallest absolute Gasteiger partial charge is 0.249 e. The van der Waals surface area contributed by atoms with Gasteiger partial charge in [-0.15, -0.1) is 0 Å². The Morgan fingerprint density at radius 1 is 1.17 bits per heavy atom. The Hall–Kier alpha value is -2.77. The third kappa shape index (κ3) is 3.52. The molecule has 154 valence electrons. The number of carbonyl (C=O) groups excluding carboxylic acids is 1. The number of aromatic nitrogens is 2. The van der Waals surface area contributed by atoms with Crippen LogP contribution in [-0.4, -0.2) is 42.1 Å². The van der Waals surface area contributed by atoms with Gasteiger partial charge in [-0.05, 0) is 44.7 Å². The van der Waals surface area contributed by atoms with Crippen LogP contribution in [0.3, 0.4) is 0 Å². The van der Waals surface area contributed by atoms with Gasteiger partial charge < -0.3 is 14.5 Å². The predicted octanol–water partition coefficient (Wildman–Crippen LogP) is 3.26. The average Bonchev–Trinajstić information content (AvgIpc) is 2.65. The van der Waals surface area contributed by atoms with E-state index in [0.717, 1.165) is 48.0 Å². The van der Waals surface area contributed by atoms with E-state index in [1.807, 2.05) is 25.8 Å². The molecule has 1 aliphatic heterocycles. The number of nitrogens with zero attached hydrogens (tertiary/aromatic N) is 4. The Morgan fingerprint density at radius 3 is 2.59 bits per heavy atom. The number of carbonyl (C=O) groups is 1. The first-order chi connectivity index (χ1) is 13.7. The van der Waals surface area contributed by atoms with E-state index in [1.54, 1.807) is 11.9 Å². The van der Waals surface area contributed by atoms with Crippen LogP contribution >= 0.6 is 0 Å². The van der Waals surface area contributed by atoms with Crippen LogP contribution in [0.4, 0.5) is 20.3 Å². The highest BCUT2D eigenvalue weighted by atomic mass is 19.2. The van der Waals surface area contributed by atoms with Gasteiger partial charge in [0.25, 0.3) is 0 Å². The Bertz CT molecular complexity index is 962. The Balaban J connectivity index is 1.42. The minimum atomic E-state index is -0.905. The zero-order valence-electron chi connectivity index (χ0n) is 16.9. The second kappa shape index (κ2) is 7.24. The summed E-state index contributed by atoms with van der Waals surface area (Å²) in [5.41, 5.74) is 1.54. The first-order valence-electron chi connectivity index (χ1n) is 9.74. The van der Waals surface area contributed by atoms with E-state index in [-0.39, 0.29) is 18.1 Å². The van der Waals surface area contributed by atoms with Gasteiger partial charge in [0.1, 0.15) is 23.3 Å². The van der Waals surface area contributed by atoms with Crippen molar-refractivity contribution >= 4 is 17.4 Å². The second-order valence-corrected chi connectivity index (χ2v) is 7.94. The largest absolute Gasteiger partial charge is 0.490 e. The van der Waals surface area contributed by atoms with E-state index >= 15 is 0 Å². The molecule has 0 bridgehead atoms. The summed E-state index contributed by atoms with van der Waals surface area (Å²) in [7, 11) is 3.63. The van der Waals surface area contributed by atoms with Gasteiger partial charge >= 0.3 is 0 Å². The summed E-state index contributed by atoms with van der Waals surface area (Å²) in [5, 5.41) is 0. The maximum absolute atomic E-state index is 13.3. The summed E-state index contributed by atoms with van der Waals surface area (Å²) in [4.78, 5) is 25.2. The van der Waals surface area contributed by atoms with Crippen LogP contribution < -0.4 is 14.5 Å². The lowest BCUT2D eigenvalue weighted by Crippen LogP contribution is -2.50. The zero-order chi connectivity index (χ0) is 20.9. The van der Waals surface area contributed by atoms with Gasteiger partial charge in [-0.2, -0.15) is 0 Å². The molecule has 0 saturated heterocycles. The fourth-order valence-electron chi connectivity index (χ4n) is 4.02. The van der Waals surface area contributed by atoms with Crippen LogP contribution in [0, 0.1) is 24.5 Å². The van der Waals surface area contributed by atoms with Crippen molar-refractivity contribution in [3.63, 3.8) is 0 Å². The van der Waals surface area contributed by atoms with Crippen molar-refractivity contribution in [1.82, 2.24) is 9.97 Å². The lowest BCUT2D eigenvalue weighted by Gasteiger charge is -2.38. The third-order valence-electron chi connectivity index (χ3n) is 5.88. The van der Waals surface area contributed by atoms with Crippen LogP contribution in [-0.2, 0) is 11.2 Å². The number of benzene rings is 1. The Kier molecular flexibility index (Phi) is 4.88. The molecule has 4 rings (SSSR count). The zero-order valence-corrected chi connectivity index (χ0v) is 16.9. The molecule has 1 aliphatic carbocycles. The van der Waals surface area contributed by atoms with Crippen LogP contribution in [0.1, 0.15) is 31.3 Å². The molecule has 29 heavy (non-hydrogen) atoms. The molecular formula is C21H24F2N4O2. The van der Waals surface area contributed by atoms with Gasteiger partial charge in [0.15, 0.2) is 17.5 Å². The summed E-state index contributed by atoms with van der Waals surface area (Å²) >= 11 is 0. The quantitative estimate of drug-likeness (QED) is 0.786. The van der Waals surface area contributed by atoms with E-state index in [2.05, 4.69) is 4.98 Å². The van der Waals surface area contributed by atoms with Crippen molar-refractivity contribution in [3.8, 4) is 5.75 Å². The van der Waals surface area contributed by atoms with Crippen molar-refractivity contribution in [3.05, 3.63) is 41.4 Å². The topological polar surface area (TPSA) is 58.6 Å². The molecule has 0 spiro atoms. The van der Waals surface area contributed by atoms with E-state index in [9.17, 15) is 13.6 Å². The van der Waals surface area contributed by atoms with Crippen LogP contribution in [0.15, 0.2) is 18.2 Å². The predicted molar refractivity (Wildman–Crippen MR) is 105 cm³/mol. The van der Waals surface area contributed by atoms with Crippen molar-refractivity contribution in [2.75, 3.05) is 23.9 Å². The van der Waals surface area contributed by atoms with Crippen LogP contribution in [0.5, 0.6) is 5.75 Å². The summed E-state index contributed by atoms with van der Waals surface area (Å²) in [6.45, 7) is 3.76. The van der Waals surface area contributed by atoms with Crippen molar-refractivity contribution in [2.45, 2.75) is 45.3 Å². The number of ether oxygens (including phenoxy) is 1. The molecule has 0 unspecified atom stereocenters. The van der Waals surface area contributed by atoms with E-state index < -0.39 is 11.6 Å². The van der Waals surface area contributed by atoms with E-state index in [0.29, 0.717) is 18.1 Å². The first kappa shape index (κ1) is 19.5. The highest BCUT2D eigenvalue weighted by Crippen LogP contribution is 2.37. The van der Waals surface area contributed by atoms with Crippen molar-refractivity contribution in [1.29, 1.82) is 0 Å². The van der Waals surface area contributed by atoms with Gasteiger partial charge in [-0.3, -0.25) is 4.79 Å². The minimum Gasteiger partial charge on any atom is -0.490 e. The second-order valence-electron chi connectivity index (χ2n) is 7.94. The highest BCUT2D eigenvalue weighted by Gasteiger charge is 2.36. The monoisotopic (exact) mass is 402 g/mol. The number of amides is 1. The summed E-state index contributed by atoms with van der Waals surface area (Å²) in [5.74, 6) is 0.476. The summed E-state index contributed by atoms with van der Waals surface area (Å²) < 4.78 is 32.0. The number of rotatable bonds is 4. The third-order valence-corrected chi connectivity index (χ3v) is 5.88. The number of hydrogen-bond donors (Lipinski definition) is 0. The number of halogens is 2. The summed E-state index contributed by atoms with van der Waals surface area (Å²) in [6.07, 6.45) is 2.31. The lowest BCUT2D eigenvalue weighted by molar-refractivity contribution is -0.119. The Labute approximate surface area is 168 Å². The van der Waals surface area contributed by atoms with Gasteiger partial charge in [0, 0.05) is 26.6 Å². The maximum atomic E-state index is 13.3. The van der Waals surface area contributed by atoms with Gasteiger partial charge in [-0.25, -0.2) is 18.7 Å². The SMILES string of the molecule is Cc1nc(CC2CC(Oc3ccc(F)c(F)c3)C2)nc2c1N(C)C(=O)[C@H](C)N2C. The van der Waals surface area contributed by atoms with Crippen LogP contribution in [0.2, 0.25) is 0 Å². The molecule has 1 fully saturated rings. The van der Waals surface area contributed by atoms with Crippen molar-refractivity contribution in [2.24, 2.45) is 5.92 Å². The number of aryl methyl sites for hydroxylation is 1. The molecule has 1 atom stereocenters. The molecule has 6 nitrogen and oxygen atoms in total.